The van der Waals surface area contributed by atoms with Crippen molar-refractivity contribution in [1.82, 2.24) is 4.98 Å². The van der Waals surface area contributed by atoms with Crippen LogP contribution in [0.5, 0.6) is 0 Å². The molecule has 1 aromatic heterocycles. The summed E-state index contributed by atoms with van der Waals surface area (Å²) in [7, 11) is 0. The van der Waals surface area contributed by atoms with E-state index in [-0.39, 0.29) is 5.97 Å². The molecule has 1 aliphatic rings. The number of esters is 1. The van der Waals surface area contributed by atoms with Crippen molar-refractivity contribution in [3.8, 4) is 0 Å². The van der Waals surface area contributed by atoms with Gasteiger partial charge < -0.3 is 4.74 Å². The monoisotopic (exact) mass is 311 g/mol. The van der Waals surface area contributed by atoms with Gasteiger partial charge in [-0.25, -0.2) is 0 Å². The van der Waals surface area contributed by atoms with Crippen LogP contribution < -0.4 is 0 Å². The molecular formula is C20H25NO2. The summed E-state index contributed by atoms with van der Waals surface area (Å²) >= 11 is 0. The van der Waals surface area contributed by atoms with Crippen molar-refractivity contribution >= 4 is 16.9 Å². The lowest BCUT2D eigenvalue weighted by Crippen LogP contribution is -2.15. The molecule has 1 heterocycles. The minimum absolute atomic E-state index is 0.0448. The summed E-state index contributed by atoms with van der Waals surface area (Å²) in [6.07, 6.45) is 8.28. The lowest BCUT2D eigenvalue weighted by Gasteiger charge is -2.28. The molecule has 0 N–H and O–H groups in total. The average molecular weight is 311 g/mol. The molecule has 1 fully saturated rings. The molecule has 1 aliphatic carbocycles. The molecule has 3 nitrogen and oxygen atoms in total. The molecule has 0 saturated heterocycles. The van der Waals surface area contributed by atoms with Crippen LogP contribution in [0, 0.1) is 5.92 Å². The van der Waals surface area contributed by atoms with E-state index in [1.165, 1.54) is 36.6 Å². The Morgan fingerprint density at radius 1 is 1.22 bits per heavy atom. The van der Waals surface area contributed by atoms with Gasteiger partial charge in [-0.3, -0.25) is 9.78 Å². The Bertz CT molecular complexity index is 659. The van der Waals surface area contributed by atoms with Crippen LogP contribution in [-0.2, 0) is 9.53 Å². The molecule has 0 unspecified atom stereocenters. The predicted octanol–water partition coefficient (Wildman–Crippen LogP) is 4.85. The van der Waals surface area contributed by atoms with Gasteiger partial charge in [-0.15, -0.1) is 0 Å². The van der Waals surface area contributed by atoms with Gasteiger partial charge in [0.2, 0.25) is 0 Å². The number of hydrogen-bond acceptors (Lipinski definition) is 3. The molecule has 1 aromatic carbocycles. The molecular weight excluding hydrogens is 286 g/mol. The Labute approximate surface area is 138 Å². The van der Waals surface area contributed by atoms with E-state index in [2.05, 4.69) is 29.2 Å². The van der Waals surface area contributed by atoms with Crippen LogP contribution in [-0.4, -0.2) is 17.6 Å². The highest BCUT2D eigenvalue weighted by Crippen LogP contribution is 2.38. The summed E-state index contributed by atoms with van der Waals surface area (Å²) in [5.74, 6) is 1.29. The highest BCUT2D eigenvalue weighted by Gasteiger charge is 2.23. The number of ether oxygens (including phenoxy) is 1. The first-order chi connectivity index (χ1) is 11.3. The topological polar surface area (TPSA) is 39.2 Å². The van der Waals surface area contributed by atoms with Gasteiger partial charge >= 0.3 is 5.97 Å². The van der Waals surface area contributed by atoms with Gasteiger partial charge in [0.25, 0.3) is 0 Å². The number of rotatable bonds is 5. The van der Waals surface area contributed by atoms with Crippen LogP contribution in [0.4, 0.5) is 0 Å². The minimum atomic E-state index is -0.0448. The molecule has 0 atom stereocenters. The first-order valence-corrected chi connectivity index (χ1v) is 8.76. The largest absolute Gasteiger partial charge is 0.466 e. The number of benzene rings is 1. The molecule has 122 valence electrons. The molecule has 0 amide bonds. The predicted molar refractivity (Wildman–Crippen MR) is 92.3 cm³/mol. The third kappa shape index (κ3) is 4.10. The fraction of sp³-hybridized carbons (Fsp3) is 0.500. The lowest BCUT2D eigenvalue weighted by molar-refractivity contribution is -0.143. The minimum Gasteiger partial charge on any atom is -0.466 e. The number of carbonyl (C=O) groups is 1. The standard InChI is InChI=1S/C20H25NO2/c1-2-23-20(22)12-7-15-5-8-16(9-6-15)17-10-11-19-18(14-17)4-3-13-21-19/h3-4,10-11,13-16H,2,5-9,12H2,1H3. The van der Waals surface area contributed by atoms with Crippen LogP contribution in [0.2, 0.25) is 0 Å². The Morgan fingerprint density at radius 2 is 2.04 bits per heavy atom. The summed E-state index contributed by atoms with van der Waals surface area (Å²) < 4.78 is 5.02. The summed E-state index contributed by atoms with van der Waals surface area (Å²) in [6, 6.07) is 10.8. The second-order valence-electron chi connectivity index (χ2n) is 6.52. The van der Waals surface area contributed by atoms with Crippen molar-refractivity contribution in [3.05, 3.63) is 42.1 Å². The Kier molecular flexibility index (Phi) is 5.27. The van der Waals surface area contributed by atoms with E-state index < -0.39 is 0 Å². The number of nitrogens with zero attached hydrogens (tertiary/aromatic N) is 1. The molecule has 2 aromatic rings. The highest BCUT2D eigenvalue weighted by atomic mass is 16.5. The van der Waals surface area contributed by atoms with Crippen LogP contribution >= 0.6 is 0 Å². The van der Waals surface area contributed by atoms with Gasteiger partial charge in [0.05, 0.1) is 12.1 Å². The van der Waals surface area contributed by atoms with Crippen LogP contribution in [0.1, 0.15) is 56.9 Å². The van der Waals surface area contributed by atoms with Crippen molar-refractivity contribution in [2.24, 2.45) is 5.92 Å². The van der Waals surface area contributed by atoms with Gasteiger partial charge in [0, 0.05) is 18.0 Å². The number of carbonyl (C=O) groups excluding carboxylic acids is 1. The number of fused-ring (bicyclic) bond motifs is 1. The van der Waals surface area contributed by atoms with Gasteiger partial charge in [0.1, 0.15) is 0 Å². The van der Waals surface area contributed by atoms with E-state index >= 15 is 0 Å². The summed E-state index contributed by atoms with van der Waals surface area (Å²) in [6.45, 7) is 2.35. The summed E-state index contributed by atoms with van der Waals surface area (Å²) in [4.78, 5) is 15.9. The zero-order valence-electron chi connectivity index (χ0n) is 13.8. The second kappa shape index (κ2) is 7.58. The number of pyridine rings is 1. The van der Waals surface area contributed by atoms with Crippen molar-refractivity contribution in [3.63, 3.8) is 0 Å². The molecule has 0 bridgehead atoms. The van der Waals surface area contributed by atoms with E-state index in [0.29, 0.717) is 24.9 Å². The molecule has 0 aliphatic heterocycles. The van der Waals surface area contributed by atoms with Gasteiger partial charge in [-0.05, 0) is 74.6 Å². The smallest absolute Gasteiger partial charge is 0.305 e. The van der Waals surface area contributed by atoms with E-state index in [1.807, 2.05) is 19.2 Å². The Morgan fingerprint density at radius 3 is 2.83 bits per heavy atom. The number of aromatic nitrogens is 1. The lowest BCUT2D eigenvalue weighted by atomic mass is 9.77. The molecule has 3 rings (SSSR count). The van der Waals surface area contributed by atoms with Crippen molar-refractivity contribution in [2.45, 2.75) is 51.4 Å². The van der Waals surface area contributed by atoms with Gasteiger partial charge in [0.15, 0.2) is 0 Å². The third-order valence-corrected chi connectivity index (χ3v) is 5.01. The fourth-order valence-electron chi connectivity index (χ4n) is 3.69. The fourth-order valence-corrected chi connectivity index (χ4v) is 3.69. The van der Waals surface area contributed by atoms with Crippen molar-refractivity contribution < 1.29 is 9.53 Å². The maximum Gasteiger partial charge on any atom is 0.305 e. The van der Waals surface area contributed by atoms with E-state index in [0.717, 1.165) is 11.9 Å². The first-order valence-electron chi connectivity index (χ1n) is 8.76. The van der Waals surface area contributed by atoms with E-state index in [1.54, 1.807) is 0 Å². The van der Waals surface area contributed by atoms with Gasteiger partial charge in [-0.1, -0.05) is 12.1 Å². The second-order valence-corrected chi connectivity index (χ2v) is 6.52. The van der Waals surface area contributed by atoms with Crippen LogP contribution in [0.25, 0.3) is 10.9 Å². The normalized spacial score (nSPS) is 21.3. The maximum absolute atomic E-state index is 11.5. The number of hydrogen-bond donors (Lipinski definition) is 0. The SMILES string of the molecule is CCOC(=O)CCC1CCC(c2ccc3ncccc3c2)CC1. The molecule has 1 saturated carbocycles. The maximum atomic E-state index is 11.5. The zero-order valence-corrected chi connectivity index (χ0v) is 13.8. The molecule has 23 heavy (non-hydrogen) atoms. The van der Waals surface area contributed by atoms with Crippen LogP contribution in [0.15, 0.2) is 36.5 Å². The third-order valence-electron chi connectivity index (χ3n) is 5.01. The quantitative estimate of drug-likeness (QED) is 0.741. The van der Waals surface area contributed by atoms with Crippen molar-refractivity contribution in [2.75, 3.05) is 6.61 Å². The van der Waals surface area contributed by atoms with Gasteiger partial charge in [-0.2, -0.15) is 0 Å². The average Bonchev–Trinajstić information content (AvgIpc) is 2.60. The zero-order chi connectivity index (χ0) is 16.1. The van der Waals surface area contributed by atoms with Crippen LogP contribution in [0.3, 0.4) is 0 Å². The Hall–Kier alpha value is -1.90. The summed E-state index contributed by atoms with van der Waals surface area (Å²) in [5, 5.41) is 1.23. The highest BCUT2D eigenvalue weighted by molar-refractivity contribution is 5.79. The Balaban J connectivity index is 1.54. The molecule has 3 heteroatoms. The van der Waals surface area contributed by atoms with Crippen molar-refractivity contribution in [1.29, 1.82) is 0 Å². The molecule has 0 spiro atoms. The molecule has 0 radical (unpaired) electrons. The first kappa shape index (κ1) is 16.0. The van der Waals surface area contributed by atoms with E-state index in [9.17, 15) is 4.79 Å². The summed E-state index contributed by atoms with van der Waals surface area (Å²) in [5.41, 5.74) is 2.51. The van der Waals surface area contributed by atoms with E-state index in [4.69, 9.17) is 4.74 Å².